The molecule has 3 aromatic rings. The van der Waals surface area contributed by atoms with Crippen LogP contribution in [0.1, 0.15) is 10.4 Å². The molecule has 0 aliphatic heterocycles. The molecule has 128 valence electrons. The van der Waals surface area contributed by atoms with E-state index in [4.69, 9.17) is 5.11 Å². The van der Waals surface area contributed by atoms with E-state index >= 15 is 0 Å². The number of pyridine rings is 1. The first-order valence-electron chi connectivity index (χ1n) is 6.90. The van der Waals surface area contributed by atoms with Gasteiger partial charge in [-0.1, -0.05) is 6.07 Å². The summed E-state index contributed by atoms with van der Waals surface area (Å²) in [4.78, 5) is 26.5. The fourth-order valence-electron chi connectivity index (χ4n) is 2.32. The number of carbonyl (C=O) groups is 2. The third kappa shape index (κ3) is 2.84. The molecule has 2 heterocycles. The molecule has 3 N–H and O–H groups in total. The Balaban J connectivity index is 2.18. The zero-order valence-corrected chi connectivity index (χ0v) is 12.4. The monoisotopic (exact) mass is 348 g/mol. The van der Waals surface area contributed by atoms with Crippen molar-refractivity contribution in [3.8, 4) is 17.0 Å². The Morgan fingerprint density at radius 1 is 1.28 bits per heavy atom. The maximum atomic E-state index is 14.1. The summed E-state index contributed by atoms with van der Waals surface area (Å²) in [5, 5.41) is 24.7. The average molecular weight is 348 g/mol. The number of nitrogens with zero attached hydrogens (tertiary/aromatic N) is 3. The van der Waals surface area contributed by atoms with E-state index in [0.29, 0.717) is 0 Å². The van der Waals surface area contributed by atoms with Crippen molar-refractivity contribution in [3.63, 3.8) is 0 Å². The molecule has 0 atom stereocenters. The molecule has 0 bridgehead atoms. The van der Waals surface area contributed by atoms with E-state index < -0.39 is 35.8 Å². The lowest BCUT2D eigenvalue weighted by atomic mass is 10.1. The number of amides is 1. The first kappa shape index (κ1) is 16.3. The van der Waals surface area contributed by atoms with Crippen LogP contribution in [0.4, 0.5) is 8.78 Å². The number of aromatic hydroxyl groups is 1. The summed E-state index contributed by atoms with van der Waals surface area (Å²) in [6, 6.07) is 4.51. The number of fused-ring (bicyclic) bond motifs is 1. The molecule has 1 amide bonds. The first-order chi connectivity index (χ1) is 11.9. The first-order valence-corrected chi connectivity index (χ1v) is 6.90. The molecule has 0 spiro atoms. The van der Waals surface area contributed by atoms with Gasteiger partial charge in [-0.25, -0.2) is 18.3 Å². The molecule has 0 radical (unpaired) electrons. The van der Waals surface area contributed by atoms with Crippen LogP contribution >= 0.6 is 0 Å². The second-order valence-electron chi connectivity index (χ2n) is 4.96. The topological polar surface area (TPSA) is 117 Å². The number of rotatable bonds is 4. The summed E-state index contributed by atoms with van der Waals surface area (Å²) in [5.74, 6) is -5.00. The molecule has 3 rings (SSSR count). The van der Waals surface area contributed by atoms with E-state index in [0.717, 1.165) is 23.0 Å². The van der Waals surface area contributed by atoms with Crippen molar-refractivity contribution in [1.82, 2.24) is 19.9 Å². The van der Waals surface area contributed by atoms with Crippen molar-refractivity contribution in [2.24, 2.45) is 0 Å². The van der Waals surface area contributed by atoms with Gasteiger partial charge in [-0.2, -0.15) is 5.10 Å². The van der Waals surface area contributed by atoms with Crippen molar-refractivity contribution in [2.75, 3.05) is 6.54 Å². The van der Waals surface area contributed by atoms with Crippen LogP contribution in [-0.4, -0.2) is 43.2 Å². The Bertz CT molecular complexity index is 1000. The highest BCUT2D eigenvalue weighted by Gasteiger charge is 2.23. The maximum Gasteiger partial charge on any atom is 0.322 e. The van der Waals surface area contributed by atoms with E-state index in [2.05, 4.69) is 15.4 Å². The van der Waals surface area contributed by atoms with Crippen LogP contribution in [0.3, 0.4) is 0 Å². The maximum absolute atomic E-state index is 14.1. The van der Waals surface area contributed by atoms with E-state index in [-0.39, 0.29) is 22.5 Å². The van der Waals surface area contributed by atoms with Crippen LogP contribution in [0.5, 0.6) is 5.75 Å². The van der Waals surface area contributed by atoms with Crippen LogP contribution < -0.4 is 5.32 Å². The highest BCUT2D eigenvalue weighted by Crippen LogP contribution is 2.31. The van der Waals surface area contributed by atoms with E-state index in [1.165, 1.54) is 12.1 Å². The van der Waals surface area contributed by atoms with Gasteiger partial charge in [0.2, 0.25) is 0 Å². The van der Waals surface area contributed by atoms with Gasteiger partial charge >= 0.3 is 5.97 Å². The number of aliphatic carboxylic acids is 1. The van der Waals surface area contributed by atoms with Crippen molar-refractivity contribution < 1.29 is 28.6 Å². The van der Waals surface area contributed by atoms with Gasteiger partial charge in [0, 0.05) is 11.6 Å². The van der Waals surface area contributed by atoms with Crippen LogP contribution in [0.15, 0.2) is 30.6 Å². The predicted octanol–water partition coefficient (Wildman–Crippen LogP) is 1.19. The number of carboxylic acids is 1. The lowest BCUT2D eigenvalue weighted by Gasteiger charge is -2.11. The van der Waals surface area contributed by atoms with Gasteiger partial charge < -0.3 is 15.5 Å². The summed E-state index contributed by atoms with van der Waals surface area (Å²) in [6.07, 6.45) is 1.06. The Kier molecular flexibility index (Phi) is 4.01. The summed E-state index contributed by atoms with van der Waals surface area (Å²) in [6.45, 7) is -0.668. The Morgan fingerprint density at radius 3 is 2.76 bits per heavy atom. The molecule has 10 heteroatoms. The smallest absolute Gasteiger partial charge is 0.322 e. The number of benzene rings is 1. The number of carboxylic acid groups (broad SMARTS) is 1. The highest BCUT2D eigenvalue weighted by atomic mass is 19.2. The van der Waals surface area contributed by atoms with E-state index in [9.17, 15) is 23.5 Å². The molecular weight excluding hydrogens is 338 g/mol. The fraction of sp³-hybridized carbons (Fsp3) is 0.0667. The lowest BCUT2D eigenvalue weighted by molar-refractivity contribution is -0.135. The standard InChI is InChI=1S/C15H10F2N4O4/c16-8-3-1-2-7(13(8)17)9-4-10(22)12(14-19-6-20-21(9)14)15(25)18-5-11(23)24/h1-4,6,22H,5H2,(H,18,25)(H,23,24). The SMILES string of the molecule is O=C(O)CNC(=O)c1c(O)cc(-c2cccc(F)c2F)n2ncnc12. The number of aromatic nitrogens is 3. The zero-order valence-electron chi connectivity index (χ0n) is 12.4. The summed E-state index contributed by atoms with van der Waals surface area (Å²) in [7, 11) is 0. The van der Waals surface area contributed by atoms with Gasteiger partial charge in [0.05, 0.1) is 5.69 Å². The third-order valence-electron chi connectivity index (χ3n) is 3.38. The van der Waals surface area contributed by atoms with Gasteiger partial charge in [-0.15, -0.1) is 0 Å². The minimum Gasteiger partial charge on any atom is -0.507 e. The number of hydrogen-bond acceptors (Lipinski definition) is 5. The van der Waals surface area contributed by atoms with Gasteiger partial charge in [0.25, 0.3) is 5.91 Å². The van der Waals surface area contributed by atoms with Crippen molar-refractivity contribution in [3.05, 3.63) is 47.8 Å². The van der Waals surface area contributed by atoms with Crippen molar-refractivity contribution in [1.29, 1.82) is 0 Å². The molecule has 0 saturated carbocycles. The number of hydrogen-bond donors (Lipinski definition) is 3. The normalized spacial score (nSPS) is 10.8. The summed E-state index contributed by atoms with van der Waals surface area (Å²) < 4.78 is 28.6. The number of nitrogens with one attached hydrogen (secondary N) is 1. The van der Waals surface area contributed by atoms with E-state index in [1.54, 1.807) is 0 Å². The summed E-state index contributed by atoms with van der Waals surface area (Å²) >= 11 is 0. The van der Waals surface area contributed by atoms with Gasteiger partial charge in [-0.05, 0) is 12.1 Å². The molecule has 0 aliphatic carbocycles. The molecule has 25 heavy (non-hydrogen) atoms. The predicted molar refractivity (Wildman–Crippen MR) is 80.0 cm³/mol. The van der Waals surface area contributed by atoms with Crippen LogP contribution in [0, 0.1) is 11.6 Å². The molecule has 0 aliphatic rings. The average Bonchev–Trinajstić information content (AvgIpc) is 3.04. The second kappa shape index (κ2) is 6.15. The second-order valence-corrected chi connectivity index (χ2v) is 4.96. The summed E-state index contributed by atoms with van der Waals surface area (Å²) in [5.41, 5.74) is -0.694. The zero-order chi connectivity index (χ0) is 18.1. The lowest BCUT2D eigenvalue weighted by Crippen LogP contribution is -2.29. The Hall–Kier alpha value is -3.56. The van der Waals surface area contributed by atoms with Gasteiger partial charge in [0.1, 0.15) is 24.2 Å². The molecule has 8 nitrogen and oxygen atoms in total. The van der Waals surface area contributed by atoms with Crippen LogP contribution in [0.2, 0.25) is 0 Å². The van der Waals surface area contributed by atoms with E-state index in [1.807, 2.05) is 0 Å². The fourth-order valence-corrected chi connectivity index (χ4v) is 2.32. The number of carbonyl (C=O) groups excluding carboxylic acids is 1. The van der Waals surface area contributed by atoms with Crippen molar-refractivity contribution in [2.45, 2.75) is 0 Å². The number of halogens is 2. The Morgan fingerprint density at radius 2 is 2.04 bits per heavy atom. The van der Waals surface area contributed by atoms with Gasteiger partial charge in [-0.3, -0.25) is 9.59 Å². The minimum atomic E-state index is -1.27. The largest absolute Gasteiger partial charge is 0.507 e. The third-order valence-corrected chi connectivity index (χ3v) is 3.38. The van der Waals surface area contributed by atoms with Gasteiger partial charge in [0.15, 0.2) is 17.3 Å². The molecule has 1 aromatic carbocycles. The molecule has 2 aromatic heterocycles. The quantitative estimate of drug-likeness (QED) is 0.652. The molecular formula is C15H10F2N4O4. The Labute approximate surface area is 138 Å². The van der Waals surface area contributed by atoms with Crippen molar-refractivity contribution >= 4 is 17.5 Å². The molecule has 0 saturated heterocycles. The highest BCUT2D eigenvalue weighted by molar-refractivity contribution is 6.04. The minimum absolute atomic E-state index is 0.0308. The van der Waals surface area contributed by atoms with Crippen LogP contribution in [0.25, 0.3) is 16.9 Å². The van der Waals surface area contributed by atoms with Crippen LogP contribution in [-0.2, 0) is 4.79 Å². The molecule has 0 unspecified atom stereocenters. The molecule has 0 fully saturated rings.